The maximum absolute atomic E-state index is 12.5. The number of alkyl halides is 3. The fourth-order valence-corrected chi connectivity index (χ4v) is 4.07. The Hall–Kier alpha value is -4.34. The molecule has 1 aliphatic carbocycles. The van der Waals surface area contributed by atoms with Crippen LogP contribution in [0.2, 0.25) is 0 Å². The molecule has 0 bridgehead atoms. The van der Waals surface area contributed by atoms with E-state index in [0.717, 1.165) is 17.5 Å². The van der Waals surface area contributed by atoms with Gasteiger partial charge in [0.1, 0.15) is 11.5 Å². The Morgan fingerprint density at radius 3 is 2.31 bits per heavy atom. The van der Waals surface area contributed by atoms with Crippen LogP contribution < -0.4 is 20.1 Å². The second kappa shape index (κ2) is 11.2. The van der Waals surface area contributed by atoms with Crippen molar-refractivity contribution >= 4 is 24.0 Å². The normalized spacial score (nSPS) is 17.0. The lowest BCUT2D eigenvalue weighted by molar-refractivity contribution is -0.274. The van der Waals surface area contributed by atoms with Gasteiger partial charge in [-0.15, -0.1) is 13.2 Å². The number of nitrogens with zero attached hydrogens (tertiary/aromatic N) is 1. The van der Waals surface area contributed by atoms with E-state index < -0.39 is 12.5 Å². The highest BCUT2D eigenvalue weighted by Crippen LogP contribution is 2.41. The molecule has 204 valence electrons. The van der Waals surface area contributed by atoms with Gasteiger partial charge in [-0.2, -0.15) is 0 Å². The van der Waals surface area contributed by atoms with E-state index in [1.165, 1.54) is 30.6 Å². The van der Waals surface area contributed by atoms with Crippen LogP contribution >= 0.6 is 0 Å². The van der Waals surface area contributed by atoms with Crippen LogP contribution in [0, 0.1) is 5.41 Å². The number of aliphatic imine (C=N–C) groups is 1. The first kappa shape index (κ1) is 27.7. The van der Waals surface area contributed by atoms with Crippen molar-refractivity contribution in [2.45, 2.75) is 50.9 Å². The van der Waals surface area contributed by atoms with E-state index in [1.54, 1.807) is 18.2 Å². The Kier molecular flexibility index (Phi) is 7.94. The van der Waals surface area contributed by atoms with Gasteiger partial charge >= 0.3 is 12.5 Å². The molecule has 1 fully saturated rings. The summed E-state index contributed by atoms with van der Waals surface area (Å²) in [6.07, 6.45) is -3.15. The topological polar surface area (TPSA) is 95.8 Å². The fraction of sp³-hybridized carbons (Fsp3) is 0.276. The number of benzene rings is 3. The molecule has 7 nitrogen and oxygen atoms in total. The number of rotatable bonds is 7. The van der Waals surface area contributed by atoms with Crippen molar-refractivity contribution in [1.82, 2.24) is 5.32 Å². The zero-order valence-corrected chi connectivity index (χ0v) is 21.7. The van der Waals surface area contributed by atoms with Crippen molar-refractivity contribution in [3.05, 3.63) is 89.5 Å². The lowest BCUT2D eigenvalue weighted by Gasteiger charge is -2.22. The quantitative estimate of drug-likeness (QED) is 0.223. The highest BCUT2D eigenvalue weighted by atomic mass is 19.4. The number of amidine groups is 1. The highest BCUT2D eigenvalue weighted by Gasteiger charge is 2.40. The number of ether oxygens (including phenoxy) is 2. The molecule has 3 aromatic carbocycles. The van der Waals surface area contributed by atoms with Crippen molar-refractivity contribution in [2.24, 2.45) is 4.99 Å². The predicted molar refractivity (Wildman–Crippen MR) is 144 cm³/mol. The monoisotopic (exact) mass is 538 g/mol. The molecule has 0 spiro atoms. The van der Waals surface area contributed by atoms with Crippen LogP contribution in [0.1, 0.15) is 49.8 Å². The standard InChI is InChI=1S/C29H29F3N4O3/c1-28(2,3)23-6-4-5-7-25(23)38-27(37)36-24-16-22(24)18-8-10-19(11-9-18)26(33)35-17-34-20-12-14-21(15-13-20)39-29(30,31)32/h4-15,17,22,24H,16H2,1-3H3,(H,36,37)(H2,33,34,35). The Labute approximate surface area is 224 Å². The maximum atomic E-state index is 12.5. The molecule has 10 heteroatoms. The average Bonchev–Trinajstić information content (AvgIpc) is 3.62. The van der Waals surface area contributed by atoms with Crippen molar-refractivity contribution < 1.29 is 27.4 Å². The van der Waals surface area contributed by atoms with Crippen LogP contribution in [0.15, 0.2) is 77.8 Å². The summed E-state index contributed by atoms with van der Waals surface area (Å²) in [5.41, 5.74) is 2.92. The largest absolute Gasteiger partial charge is 0.573 e. The Morgan fingerprint density at radius 2 is 1.67 bits per heavy atom. The zero-order chi connectivity index (χ0) is 28.2. The molecule has 0 aliphatic heterocycles. The summed E-state index contributed by atoms with van der Waals surface area (Å²) in [4.78, 5) is 16.5. The molecule has 0 saturated heterocycles. The number of amides is 1. The minimum absolute atomic E-state index is 0.0117. The number of carbonyl (C=O) groups excluding carboxylic acids is 1. The third-order valence-electron chi connectivity index (χ3n) is 6.12. The highest BCUT2D eigenvalue weighted by molar-refractivity contribution is 6.02. The van der Waals surface area contributed by atoms with Gasteiger partial charge < -0.3 is 20.1 Å². The minimum Gasteiger partial charge on any atom is -0.410 e. The van der Waals surface area contributed by atoms with E-state index in [0.29, 0.717) is 17.0 Å². The van der Waals surface area contributed by atoms with Gasteiger partial charge in [0, 0.05) is 28.8 Å². The predicted octanol–water partition coefficient (Wildman–Crippen LogP) is 6.99. The Balaban J connectivity index is 1.26. The molecule has 1 saturated carbocycles. The van der Waals surface area contributed by atoms with Crippen LogP contribution in [-0.4, -0.2) is 30.7 Å². The van der Waals surface area contributed by atoms with Crippen molar-refractivity contribution in [1.29, 1.82) is 5.41 Å². The van der Waals surface area contributed by atoms with E-state index in [4.69, 9.17) is 10.1 Å². The summed E-state index contributed by atoms with van der Waals surface area (Å²) >= 11 is 0. The summed E-state index contributed by atoms with van der Waals surface area (Å²) in [7, 11) is 0. The van der Waals surface area contributed by atoms with Crippen LogP contribution in [0.25, 0.3) is 0 Å². The van der Waals surface area contributed by atoms with E-state index in [9.17, 15) is 18.0 Å². The third-order valence-corrected chi connectivity index (χ3v) is 6.12. The van der Waals surface area contributed by atoms with Gasteiger partial charge in [-0.1, -0.05) is 63.2 Å². The third kappa shape index (κ3) is 7.83. The number of hydrogen-bond acceptors (Lipinski definition) is 4. The molecule has 1 amide bonds. The zero-order valence-electron chi connectivity index (χ0n) is 21.7. The van der Waals surface area contributed by atoms with Gasteiger partial charge in [0.2, 0.25) is 0 Å². The SMILES string of the molecule is CC(C)(C)c1ccccc1OC(=O)NC1CC1c1ccc(C(=N)/N=C\Nc2ccc(OC(F)(F)F)cc2)cc1. The molecular weight excluding hydrogens is 509 g/mol. The van der Waals surface area contributed by atoms with Gasteiger partial charge in [-0.05, 0) is 47.7 Å². The van der Waals surface area contributed by atoms with Crippen LogP contribution in [0.5, 0.6) is 11.5 Å². The number of anilines is 1. The van der Waals surface area contributed by atoms with Crippen LogP contribution in [-0.2, 0) is 5.41 Å². The van der Waals surface area contributed by atoms with Gasteiger partial charge in [0.05, 0.1) is 6.34 Å². The molecule has 4 rings (SSSR count). The lowest BCUT2D eigenvalue weighted by Crippen LogP contribution is -2.30. The number of para-hydroxylation sites is 1. The van der Waals surface area contributed by atoms with E-state index >= 15 is 0 Å². The maximum Gasteiger partial charge on any atom is 0.573 e. The lowest BCUT2D eigenvalue weighted by atomic mass is 9.86. The van der Waals surface area contributed by atoms with Crippen LogP contribution in [0.4, 0.5) is 23.7 Å². The molecule has 1 aliphatic rings. The second-order valence-electron chi connectivity index (χ2n) is 10.2. The number of hydrogen-bond donors (Lipinski definition) is 3. The van der Waals surface area contributed by atoms with Gasteiger partial charge in [0.15, 0.2) is 5.84 Å². The van der Waals surface area contributed by atoms with E-state index in [2.05, 4.69) is 41.1 Å². The molecule has 0 radical (unpaired) electrons. The minimum atomic E-state index is -4.75. The van der Waals surface area contributed by atoms with Gasteiger partial charge in [-0.3, -0.25) is 5.41 Å². The number of nitrogens with one attached hydrogen (secondary N) is 3. The average molecular weight is 539 g/mol. The number of halogens is 3. The summed E-state index contributed by atoms with van der Waals surface area (Å²) in [6.45, 7) is 6.19. The van der Waals surface area contributed by atoms with Crippen LogP contribution in [0.3, 0.4) is 0 Å². The Bertz CT molecular complexity index is 1350. The van der Waals surface area contributed by atoms with Crippen molar-refractivity contribution in [3.63, 3.8) is 0 Å². The van der Waals surface area contributed by atoms with E-state index in [1.807, 2.05) is 30.3 Å². The molecule has 2 unspecified atom stereocenters. The smallest absolute Gasteiger partial charge is 0.410 e. The second-order valence-corrected chi connectivity index (χ2v) is 10.2. The molecule has 3 N–H and O–H groups in total. The first-order valence-electron chi connectivity index (χ1n) is 12.3. The first-order chi connectivity index (χ1) is 18.4. The number of carbonyl (C=O) groups is 1. The van der Waals surface area contributed by atoms with E-state index in [-0.39, 0.29) is 29.0 Å². The van der Waals surface area contributed by atoms with Gasteiger partial charge in [-0.25, -0.2) is 9.79 Å². The molecule has 3 aromatic rings. The fourth-order valence-electron chi connectivity index (χ4n) is 4.07. The summed E-state index contributed by atoms with van der Waals surface area (Å²) in [6, 6.07) is 20.0. The van der Waals surface area contributed by atoms with Gasteiger partial charge in [0.25, 0.3) is 0 Å². The summed E-state index contributed by atoms with van der Waals surface area (Å²) < 4.78 is 46.2. The molecule has 39 heavy (non-hydrogen) atoms. The molecular formula is C29H29F3N4O3. The molecule has 2 atom stereocenters. The summed E-state index contributed by atoms with van der Waals surface area (Å²) in [5, 5.41) is 13.9. The van der Waals surface area contributed by atoms with Crippen molar-refractivity contribution in [3.8, 4) is 11.5 Å². The first-order valence-corrected chi connectivity index (χ1v) is 12.3. The summed E-state index contributed by atoms with van der Waals surface area (Å²) in [5.74, 6) is 0.393. The molecule has 0 aromatic heterocycles. The Morgan fingerprint density at radius 1 is 1.00 bits per heavy atom. The van der Waals surface area contributed by atoms with Crippen molar-refractivity contribution in [2.75, 3.05) is 5.32 Å². The molecule has 0 heterocycles.